The molecule has 4 heteroatoms. The van der Waals surface area contributed by atoms with Crippen LogP contribution in [-0.4, -0.2) is 17.6 Å². The molecule has 0 fully saturated rings. The average Bonchev–Trinajstić information content (AvgIpc) is 2.96. The zero-order valence-corrected chi connectivity index (χ0v) is 12.7. The van der Waals surface area contributed by atoms with Crippen molar-refractivity contribution in [3.05, 3.63) is 77.7 Å². The minimum atomic E-state index is -0.406. The largest absolute Gasteiger partial charge is 0.463 e. The fraction of sp³-hybridized carbons (Fsp3) is 0.105. The maximum Gasteiger partial charge on any atom is 0.331 e. The summed E-state index contributed by atoms with van der Waals surface area (Å²) >= 11 is 0. The Morgan fingerprint density at radius 3 is 2.70 bits per heavy atom. The molecule has 1 aromatic heterocycles. The molecule has 0 aliphatic heterocycles. The highest BCUT2D eigenvalue weighted by atomic mass is 19.1. The van der Waals surface area contributed by atoms with Crippen molar-refractivity contribution in [2.24, 2.45) is 0 Å². The maximum absolute atomic E-state index is 13.4. The van der Waals surface area contributed by atoms with Gasteiger partial charge in [-0.3, -0.25) is 0 Å². The number of esters is 1. The molecule has 0 aliphatic carbocycles. The van der Waals surface area contributed by atoms with Gasteiger partial charge in [0.1, 0.15) is 5.82 Å². The van der Waals surface area contributed by atoms with Crippen LogP contribution in [0.4, 0.5) is 4.39 Å². The number of carbonyl (C=O) groups excluding carboxylic acids is 1. The number of halogens is 1. The number of aromatic amines is 1. The number of hydrogen-bond donors (Lipinski definition) is 1. The molecule has 3 nitrogen and oxygen atoms in total. The van der Waals surface area contributed by atoms with Crippen molar-refractivity contribution in [2.45, 2.75) is 6.92 Å². The molecule has 0 bridgehead atoms. The number of ether oxygens (including phenoxy) is 1. The van der Waals surface area contributed by atoms with Crippen molar-refractivity contribution in [3.8, 4) is 0 Å². The number of rotatable bonds is 4. The van der Waals surface area contributed by atoms with E-state index >= 15 is 0 Å². The molecule has 0 aliphatic rings. The number of H-pyrrole nitrogens is 1. The quantitative estimate of drug-likeness (QED) is 0.576. The number of nitrogens with one attached hydrogen (secondary N) is 1. The van der Waals surface area contributed by atoms with E-state index in [1.54, 1.807) is 13.0 Å². The first-order valence-corrected chi connectivity index (χ1v) is 7.40. The molecule has 0 saturated heterocycles. The highest BCUT2D eigenvalue weighted by Gasteiger charge is 2.11. The van der Waals surface area contributed by atoms with Crippen molar-refractivity contribution in [1.82, 2.24) is 4.98 Å². The molecule has 0 saturated carbocycles. The third kappa shape index (κ3) is 3.31. The normalized spacial score (nSPS) is 11.7. The van der Waals surface area contributed by atoms with Gasteiger partial charge in [0.05, 0.1) is 6.61 Å². The SMILES string of the molecule is CCOC(=O)/C=C(\c1ccccc1)c1cc2cc(F)ccc2[nH]1. The Kier molecular flexibility index (Phi) is 4.24. The standard InChI is InChI=1S/C19H16FNO2/c1-2-23-19(22)12-16(13-6-4-3-5-7-13)18-11-14-10-15(20)8-9-17(14)21-18/h3-12,21H,2H2,1H3/b16-12+. The second kappa shape index (κ2) is 6.48. The summed E-state index contributed by atoms with van der Waals surface area (Å²) in [7, 11) is 0. The molecule has 0 unspecified atom stereocenters. The molecular formula is C19H16FNO2. The van der Waals surface area contributed by atoms with Crippen LogP contribution in [0.5, 0.6) is 0 Å². The first kappa shape index (κ1) is 15.0. The Balaban J connectivity index is 2.11. The summed E-state index contributed by atoms with van der Waals surface area (Å²) in [4.78, 5) is 15.1. The molecule has 0 atom stereocenters. The number of hydrogen-bond acceptors (Lipinski definition) is 2. The summed E-state index contributed by atoms with van der Waals surface area (Å²) in [6.45, 7) is 2.08. The third-order valence-corrected chi connectivity index (χ3v) is 3.51. The monoisotopic (exact) mass is 309 g/mol. The van der Waals surface area contributed by atoms with Gasteiger partial charge < -0.3 is 9.72 Å². The van der Waals surface area contributed by atoms with E-state index in [4.69, 9.17) is 4.74 Å². The van der Waals surface area contributed by atoms with E-state index in [1.165, 1.54) is 18.2 Å². The van der Waals surface area contributed by atoms with Crippen molar-refractivity contribution < 1.29 is 13.9 Å². The minimum Gasteiger partial charge on any atom is -0.463 e. The zero-order valence-electron chi connectivity index (χ0n) is 12.7. The Morgan fingerprint density at radius 2 is 1.96 bits per heavy atom. The van der Waals surface area contributed by atoms with Gasteiger partial charge in [-0.25, -0.2) is 9.18 Å². The molecule has 0 amide bonds. The highest BCUT2D eigenvalue weighted by Crippen LogP contribution is 2.27. The molecule has 23 heavy (non-hydrogen) atoms. The van der Waals surface area contributed by atoms with Gasteiger partial charge in [-0.15, -0.1) is 0 Å². The lowest BCUT2D eigenvalue weighted by Crippen LogP contribution is -2.02. The molecule has 1 heterocycles. The lowest BCUT2D eigenvalue weighted by atomic mass is 10.0. The van der Waals surface area contributed by atoms with E-state index in [1.807, 2.05) is 36.4 Å². The van der Waals surface area contributed by atoms with Gasteiger partial charge in [0, 0.05) is 28.2 Å². The zero-order chi connectivity index (χ0) is 16.2. The number of benzene rings is 2. The fourth-order valence-corrected chi connectivity index (χ4v) is 2.48. The summed E-state index contributed by atoms with van der Waals surface area (Å²) in [5.41, 5.74) is 3.14. The van der Waals surface area contributed by atoms with Gasteiger partial charge in [-0.05, 0) is 36.8 Å². The summed E-state index contributed by atoms with van der Waals surface area (Å²) < 4.78 is 18.4. The first-order chi connectivity index (χ1) is 11.2. The molecule has 2 aromatic carbocycles. The Bertz CT molecular complexity index is 865. The predicted octanol–water partition coefficient (Wildman–Crippen LogP) is 4.30. The van der Waals surface area contributed by atoms with Crippen molar-refractivity contribution in [2.75, 3.05) is 6.61 Å². The molecule has 0 radical (unpaired) electrons. The lowest BCUT2D eigenvalue weighted by molar-refractivity contribution is -0.137. The molecule has 3 rings (SSSR count). The van der Waals surface area contributed by atoms with Crippen LogP contribution in [0.3, 0.4) is 0 Å². The minimum absolute atomic E-state index is 0.293. The smallest absolute Gasteiger partial charge is 0.331 e. The predicted molar refractivity (Wildman–Crippen MR) is 88.4 cm³/mol. The maximum atomic E-state index is 13.4. The fourth-order valence-electron chi connectivity index (χ4n) is 2.48. The summed E-state index contributed by atoms with van der Waals surface area (Å²) in [6.07, 6.45) is 1.46. The molecule has 0 spiro atoms. The second-order valence-electron chi connectivity index (χ2n) is 5.09. The van der Waals surface area contributed by atoms with Gasteiger partial charge in [0.2, 0.25) is 0 Å². The number of aromatic nitrogens is 1. The van der Waals surface area contributed by atoms with Gasteiger partial charge in [0.15, 0.2) is 0 Å². The van der Waals surface area contributed by atoms with Crippen LogP contribution < -0.4 is 0 Å². The van der Waals surface area contributed by atoms with Gasteiger partial charge in [0.25, 0.3) is 0 Å². The van der Waals surface area contributed by atoms with E-state index in [-0.39, 0.29) is 5.82 Å². The van der Waals surface area contributed by atoms with Gasteiger partial charge in [-0.2, -0.15) is 0 Å². The topological polar surface area (TPSA) is 42.1 Å². The number of fused-ring (bicyclic) bond motifs is 1. The van der Waals surface area contributed by atoms with Crippen LogP contribution >= 0.6 is 0 Å². The van der Waals surface area contributed by atoms with Crippen LogP contribution in [0.2, 0.25) is 0 Å². The molecular weight excluding hydrogens is 293 g/mol. The Hall–Kier alpha value is -2.88. The second-order valence-corrected chi connectivity index (χ2v) is 5.09. The van der Waals surface area contributed by atoms with E-state index in [9.17, 15) is 9.18 Å². The average molecular weight is 309 g/mol. The molecule has 116 valence electrons. The van der Waals surface area contributed by atoms with Gasteiger partial charge in [-0.1, -0.05) is 30.3 Å². The lowest BCUT2D eigenvalue weighted by Gasteiger charge is -2.06. The van der Waals surface area contributed by atoms with Crippen LogP contribution in [0.15, 0.2) is 60.7 Å². The van der Waals surface area contributed by atoms with E-state index < -0.39 is 5.97 Å². The molecule has 3 aromatic rings. The number of carbonyl (C=O) groups is 1. The summed E-state index contributed by atoms with van der Waals surface area (Å²) in [5.74, 6) is -0.699. The van der Waals surface area contributed by atoms with Gasteiger partial charge >= 0.3 is 5.97 Å². The highest BCUT2D eigenvalue weighted by molar-refractivity contribution is 5.97. The van der Waals surface area contributed by atoms with Crippen molar-refractivity contribution >= 4 is 22.4 Å². The Labute approximate surface area is 133 Å². The van der Waals surface area contributed by atoms with Crippen molar-refractivity contribution in [1.29, 1.82) is 0 Å². The Morgan fingerprint density at radius 1 is 1.17 bits per heavy atom. The summed E-state index contributed by atoms with van der Waals surface area (Å²) in [6, 6.07) is 15.9. The van der Waals surface area contributed by atoms with Crippen LogP contribution in [0.25, 0.3) is 16.5 Å². The van der Waals surface area contributed by atoms with E-state index in [2.05, 4.69) is 4.98 Å². The van der Waals surface area contributed by atoms with Crippen LogP contribution in [0, 0.1) is 5.82 Å². The summed E-state index contributed by atoms with van der Waals surface area (Å²) in [5, 5.41) is 0.755. The van der Waals surface area contributed by atoms with Crippen LogP contribution in [0.1, 0.15) is 18.2 Å². The first-order valence-electron chi connectivity index (χ1n) is 7.40. The van der Waals surface area contributed by atoms with E-state index in [0.29, 0.717) is 12.2 Å². The van der Waals surface area contributed by atoms with Crippen LogP contribution in [-0.2, 0) is 9.53 Å². The van der Waals surface area contributed by atoms with Crippen molar-refractivity contribution in [3.63, 3.8) is 0 Å². The third-order valence-electron chi connectivity index (χ3n) is 3.51. The van der Waals surface area contributed by atoms with E-state index in [0.717, 1.165) is 22.2 Å². The molecule has 1 N–H and O–H groups in total.